The van der Waals surface area contributed by atoms with Gasteiger partial charge in [-0.1, -0.05) is 17.2 Å². The normalized spacial score (nSPS) is 12.4. The summed E-state index contributed by atoms with van der Waals surface area (Å²) >= 11 is 0. The van der Waals surface area contributed by atoms with Crippen LogP contribution in [0.15, 0.2) is 29.4 Å². The predicted octanol–water partition coefficient (Wildman–Crippen LogP) is 3.62. The van der Waals surface area contributed by atoms with Crippen molar-refractivity contribution in [1.29, 1.82) is 5.26 Å². The second-order valence-electron chi connectivity index (χ2n) is 3.21. The van der Waals surface area contributed by atoms with Gasteiger partial charge in [-0.3, -0.25) is 0 Å². The third-order valence-electron chi connectivity index (χ3n) is 2.12. The summed E-state index contributed by atoms with van der Waals surface area (Å²) in [5, 5.41) is 12.0. The Morgan fingerprint density at radius 1 is 1.35 bits per heavy atom. The van der Waals surface area contributed by atoms with Crippen molar-refractivity contribution in [1.82, 2.24) is 0 Å². The first-order valence-electron chi connectivity index (χ1n) is 4.56. The smallest absolute Gasteiger partial charge is 0.198 e. The highest BCUT2D eigenvalue weighted by atomic mass is 19.4. The zero-order chi connectivity index (χ0) is 12.9. The maximum atomic E-state index is 12.3. The van der Waals surface area contributed by atoms with Gasteiger partial charge >= 0.3 is 6.18 Å². The summed E-state index contributed by atoms with van der Waals surface area (Å²) in [6, 6.07) is 6.09. The standard InChI is InChI=1S/C10H7F3N4/c11-10(12,13)9-3-1-7(2-4-9)8(5-14)6-16-17-15/h1-4,8H,6H2. The molecule has 0 aliphatic carbocycles. The van der Waals surface area contributed by atoms with E-state index in [4.69, 9.17) is 10.8 Å². The summed E-state index contributed by atoms with van der Waals surface area (Å²) in [6.07, 6.45) is -4.40. The van der Waals surface area contributed by atoms with E-state index in [9.17, 15) is 13.2 Å². The molecule has 7 heteroatoms. The highest BCUT2D eigenvalue weighted by Gasteiger charge is 2.30. The molecule has 4 nitrogen and oxygen atoms in total. The van der Waals surface area contributed by atoms with Gasteiger partial charge in [0, 0.05) is 11.5 Å². The number of azide groups is 1. The van der Waals surface area contributed by atoms with Crippen LogP contribution in [0.1, 0.15) is 17.0 Å². The number of rotatable bonds is 3. The molecule has 1 atom stereocenters. The Bertz CT molecular complexity index is 466. The van der Waals surface area contributed by atoms with Gasteiger partial charge in [-0.2, -0.15) is 18.4 Å². The number of alkyl halides is 3. The molecule has 0 N–H and O–H groups in total. The van der Waals surface area contributed by atoms with Crippen LogP contribution in [-0.2, 0) is 6.18 Å². The van der Waals surface area contributed by atoms with Gasteiger partial charge in [-0.05, 0) is 23.2 Å². The Morgan fingerprint density at radius 2 is 1.94 bits per heavy atom. The van der Waals surface area contributed by atoms with E-state index in [-0.39, 0.29) is 6.54 Å². The molecular formula is C10H7F3N4. The lowest BCUT2D eigenvalue weighted by molar-refractivity contribution is -0.137. The fraction of sp³-hybridized carbons (Fsp3) is 0.300. The minimum atomic E-state index is -4.40. The zero-order valence-corrected chi connectivity index (χ0v) is 8.52. The molecule has 0 fully saturated rings. The van der Waals surface area contributed by atoms with Gasteiger partial charge in [0.15, 0.2) is 0 Å². The molecule has 1 aromatic carbocycles. The summed E-state index contributed by atoms with van der Waals surface area (Å²) in [7, 11) is 0. The van der Waals surface area contributed by atoms with Crippen molar-refractivity contribution in [2.75, 3.05) is 6.54 Å². The average Bonchev–Trinajstić information content (AvgIpc) is 2.29. The molecule has 0 aromatic heterocycles. The SMILES string of the molecule is N#CC(CN=[N+]=[N-])c1ccc(C(F)(F)F)cc1. The fourth-order valence-corrected chi connectivity index (χ4v) is 1.24. The number of nitrogens with zero attached hydrogens (tertiary/aromatic N) is 4. The van der Waals surface area contributed by atoms with Gasteiger partial charge in [0.1, 0.15) is 0 Å². The van der Waals surface area contributed by atoms with Gasteiger partial charge in [-0.15, -0.1) is 0 Å². The highest BCUT2D eigenvalue weighted by molar-refractivity contribution is 5.30. The third-order valence-corrected chi connectivity index (χ3v) is 2.12. The second kappa shape index (κ2) is 5.23. The lowest BCUT2D eigenvalue weighted by Crippen LogP contribution is -2.06. The van der Waals surface area contributed by atoms with Crippen molar-refractivity contribution < 1.29 is 13.2 Å². The molecule has 0 amide bonds. The first kappa shape index (κ1) is 12.9. The van der Waals surface area contributed by atoms with E-state index in [2.05, 4.69) is 10.0 Å². The molecule has 1 rings (SSSR count). The van der Waals surface area contributed by atoms with Crippen molar-refractivity contribution in [3.05, 3.63) is 45.8 Å². The Labute approximate surface area is 94.9 Å². The molecular weight excluding hydrogens is 233 g/mol. The maximum absolute atomic E-state index is 12.3. The summed E-state index contributed by atoms with van der Waals surface area (Å²) < 4.78 is 36.8. The van der Waals surface area contributed by atoms with Crippen LogP contribution in [0.2, 0.25) is 0 Å². The van der Waals surface area contributed by atoms with Crippen molar-refractivity contribution in [2.45, 2.75) is 12.1 Å². The van der Waals surface area contributed by atoms with Gasteiger partial charge in [0.25, 0.3) is 0 Å². The minimum absolute atomic E-state index is 0.0988. The summed E-state index contributed by atoms with van der Waals surface area (Å²) in [5.41, 5.74) is 7.73. The first-order valence-corrected chi connectivity index (χ1v) is 4.56. The van der Waals surface area contributed by atoms with E-state index in [0.29, 0.717) is 5.56 Å². The molecule has 1 aromatic rings. The van der Waals surface area contributed by atoms with Crippen molar-refractivity contribution >= 4 is 0 Å². The van der Waals surface area contributed by atoms with Crippen LogP contribution in [0, 0.1) is 11.3 Å². The summed E-state index contributed by atoms with van der Waals surface area (Å²) in [6.45, 7) is -0.0988. The van der Waals surface area contributed by atoms with E-state index in [1.165, 1.54) is 12.1 Å². The van der Waals surface area contributed by atoms with E-state index < -0.39 is 17.7 Å². The average molecular weight is 240 g/mol. The molecule has 0 spiro atoms. The van der Waals surface area contributed by atoms with Gasteiger partial charge < -0.3 is 0 Å². The van der Waals surface area contributed by atoms with E-state index >= 15 is 0 Å². The Kier molecular flexibility index (Phi) is 3.96. The van der Waals surface area contributed by atoms with E-state index in [1.54, 1.807) is 0 Å². The molecule has 88 valence electrons. The van der Waals surface area contributed by atoms with Gasteiger partial charge in [-0.25, -0.2) is 0 Å². The topological polar surface area (TPSA) is 72.5 Å². The summed E-state index contributed by atoms with van der Waals surface area (Å²) in [5.74, 6) is -0.729. The molecule has 0 saturated carbocycles. The van der Waals surface area contributed by atoms with Crippen molar-refractivity contribution in [2.24, 2.45) is 5.11 Å². The van der Waals surface area contributed by atoms with Gasteiger partial charge in [0.2, 0.25) is 0 Å². The van der Waals surface area contributed by atoms with Crippen molar-refractivity contribution in [3.63, 3.8) is 0 Å². The highest BCUT2D eigenvalue weighted by Crippen LogP contribution is 2.30. The Morgan fingerprint density at radius 3 is 2.35 bits per heavy atom. The van der Waals surface area contributed by atoms with Crippen LogP contribution in [-0.4, -0.2) is 6.54 Å². The largest absolute Gasteiger partial charge is 0.416 e. The Balaban J connectivity index is 2.93. The molecule has 1 unspecified atom stereocenters. The number of benzene rings is 1. The predicted molar refractivity (Wildman–Crippen MR) is 53.8 cm³/mol. The maximum Gasteiger partial charge on any atom is 0.416 e. The van der Waals surface area contributed by atoms with Crippen LogP contribution in [0.3, 0.4) is 0 Å². The van der Waals surface area contributed by atoms with Crippen LogP contribution in [0.4, 0.5) is 13.2 Å². The monoisotopic (exact) mass is 240 g/mol. The number of hydrogen-bond donors (Lipinski definition) is 0. The Hall–Kier alpha value is -2.19. The van der Waals surface area contributed by atoms with Gasteiger partial charge in [0.05, 0.1) is 17.6 Å². The zero-order valence-electron chi connectivity index (χ0n) is 8.52. The second-order valence-corrected chi connectivity index (χ2v) is 3.21. The fourth-order valence-electron chi connectivity index (χ4n) is 1.24. The summed E-state index contributed by atoms with van der Waals surface area (Å²) in [4.78, 5) is 2.50. The van der Waals surface area contributed by atoms with Crippen molar-refractivity contribution in [3.8, 4) is 6.07 Å². The molecule has 0 aliphatic heterocycles. The quantitative estimate of drug-likeness (QED) is 0.451. The van der Waals surface area contributed by atoms with Crippen LogP contribution in [0.25, 0.3) is 10.4 Å². The number of halogens is 3. The number of hydrogen-bond acceptors (Lipinski definition) is 2. The molecule has 0 aliphatic rings. The van der Waals surface area contributed by atoms with Crippen LogP contribution in [0.5, 0.6) is 0 Å². The molecule has 17 heavy (non-hydrogen) atoms. The molecule has 0 saturated heterocycles. The number of nitriles is 1. The minimum Gasteiger partial charge on any atom is -0.198 e. The van der Waals surface area contributed by atoms with Crippen LogP contribution < -0.4 is 0 Å². The molecule has 0 heterocycles. The lowest BCUT2D eigenvalue weighted by Gasteiger charge is -2.09. The molecule has 0 radical (unpaired) electrons. The van der Waals surface area contributed by atoms with E-state index in [0.717, 1.165) is 12.1 Å². The lowest BCUT2D eigenvalue weighted by atomic mass is 9.99. The third kappa shape index (κ3) is 3.40. The van der Waals surface area contributed by atoms with E-state index in [1.807, 2.05) is 6.07 Å². The first-order chi connectivity index (χ1) is 7.99. The molecule has 0 bridgehead atoms. The van der Waals surface area contributed by atoms with Crippen LogP contribution >= 0.6 is 0 Å².